The van der Waals surface area contributed by atoms with Crippen LogP contribution in [-0.4, -0.2) is 36.2 Å². The first-order valence-corrected chi connectivity index (χ1v) is 6.43. The molecule has 0 bridgehead atoms. The van der Waals surface area contributed by atoms with E-state index in [-0.39, 0.29) is 18.5 Å². The summed E-state index contributed by atoms with van der Waals surface area (Å²) >= 11 is 4.30. The molecule has 0 aliphatic carbocycles. The van der Waals surface area contributed by atoms with E-state index in [2.05, 4.69) is 28.2 Å². The summed E-state index contributed by atoms with van der Waals surface area (Å²) in [5.74, 6) is -0.545. The molecule has 1 aromatic heterocycles. The van der Waals surface area contributed by atoms with Gasteiger partial charge in [-0.05, 0) is 29.0 Å². The predicted molar refractivity (Wildman–Crippen MR) is 74.4 cm³/mol. The number of carboxylic acids is 1. The van der Waals surface area contributed by atoms with Crippen LogP contribution >= 0.6 is 12.6 Å². The number of hydrogen-bond donors (Lipinski definition) is 2. The third-order valence-corrected chi connectivity index (χ3v) is 3.22. The molecule has 21 heavy (non-hydrogen) atoms. The van der Waals surface area contributed by atoms with Gasteiger partial charge in [0.2, 0.25) is 0 Å². The molecule has 0 saturated carbocycles. The molecule has 1 N–H and O–H groups in total. The molecule has 0 aliphatic heterocycles. The molecule has 1 atom stereocenters. The molecule has 1 aromatic carbocycles. The number of aliphatic carboxylic acids is 1. The highest BCUT2D eigenvalue weighted by molar-refractivity contribution is 7.80. The molecular weight excluding hydrogens is 298 g/mol. The number of benzene rings is 1. The van der Waals surface area contributed by atoms with Crippen molar-refractivity contribution in [2.75, 3.05) is 0 Å². The molecule has 1 unspecified atom stereocenters. The van der Waals surface area contributed by atoms with Crippen molar-refractivity contribution in [1.29, 1.82) is 0 Å². The van der Waals surface area contributed by atoms with Gasteiger partial charge in [0, 0.05) is 18.6 Å². The first-order valence-electron chi connectivity index (χ1n) is 5.92. The maximum absolute atomic E-state index is 10.6. The Hall–Kier alpha value is -2.49. The van der Waals surface area contributed by atoms with E-state index in [0.29, 0.717) is 11.5 Å². The fourth-order valence-electron chi connectivity index (χ4n) is 1.69. The molecule has 9 nitrogen and oxygen atoms in total. The van der Waals surface area contributed by atoms with Crippen molar-refractivity contribution < 1.29 is 14.8 Å². The first-order chi connectivity index (χ1) is 9.99. The zero-order valence-corrected chi connectivity index (χ0v) is 11.6. The number of tetrazole rings is 1. The van der Waals surface area contributed by atoms with Crippen LogP contribution in [0.5, 0.6) is 0 Å². The normalized spacial score (nSPS) is 12.0. The van der Waals surface area contributed by atoms with Gasteiger partial charge in [-0.15, -0.1) is 5.10 Å². The number of carboxylic acid groups (broad SMARTS) is 1. The van der Waals surface area contributed by atoms with Crippen molar-refractivity contribution in [3.8, 4) is 5.69 Å². The van der Waals surface area contributed by atoms with Gasteiger partial charge >= 0.3 is 5.97 Å². The first kappa shape index (κ1) is 14.9. The van der Waals surface area contributed by atoms with Crippen LogP contribution in [0.4, 0.5) is 5.69 Å². The summed E-state index contributed by atoms with van der Waals surface area (Å²) in [6.07, 6.45) is 0.215. The number of non-ortho nitro benzene ring substituents is 1. The lowest BCUT2D eigenvalue weighted by atomic mass is 10.2. The zero-order valence-electron chi connectivity index (χ0n) is 10.7. The standard InChI is InChI=1S/C11H11N5O4S/c17-10(18)6-5-9(21)11-12-13-14-15(11)7-1-3-8(4-2-7)16(19)20/h1-4,9,21H,5-6H2,(H,17,18). The van der Waals surface area contributed by atoms with E-state index in [9.17, 15) is 14.9 Å². The van der Waals surface area contributed by atoms with Crippen LogP contribution in [0.2, 0.25) is 0 Å². The van der Waals surface area contributed by atoms with Crippen LogP contribution in [0, 0.1) is 10.1 Å². The molecule has 0 radical (unpaired) electrons. The minimum Gasteiger partial charge on any atom is -0.481 e. The molecule has 0 amide bonds. The summed E-state index contributed by atoms with van der Waals surface area (Å²) in [7, 11) is 0. The maximum atomic E-state index is 10.6. The van der Waals surface area contributed by atoms with E-state index < -0.39 is 16.1 Å². The fourth-order valence-corrected chi connectivity index (χ4v) is 1.98. The second kappa shape index (κ2) is 6.31. The number of nitro groups is 1. The van der Waals surface area contributed by atoms with E-state index in [1.165, 1.54) is 28.9 Å². The lowest BCUT2D eigenvalue weighted by Crippen LogP contribution is -2.07. The Bertz CT molecular complexity index is 657. The summed E-state index contributed by atoms with van der Waals surface area (Å²) in [4.78, 5) is 20.7. The molecule has 0 aliphatic rings. The number of thiol groups is 1. The molecule has 0 spiro atoms. The van der Waals surface area contributed by atoms with Gasteiger partial charge in [-0.2, -0.15) is 17.3 Å². The smallest absolute Gasteiger partial charge is 0.303 e. The third kappa shape index (κ3) is 3.54. The second-order valence-electron chi connectivity index (χ2n) is 4.17. The molecule has 0 fully saturated rings. The van der Waals surface area contributed by atoms with Crippen molar-refractivity contribution in [3.05, 3.63) is 40.2 Å². The van der Waals surface area contributed by atoms with E-state index in [1.807, 2.05) is 0 Å². The van der Waals surface area contributed by atoms with Crippen molar-refractivity contribution in [1.82, 2.24) is 20.2 Å². The average molecular weight is 309 g/mol. The van der Waals surface area contributed by atoms with E-state index in [1.54, 1.807) is 0 Å². The predicted octanol–water partition coefficient (Wildman–Crippen LogP) is 1.41. The van der Waals surface area contributed by atoms with Crippen molar-refractivity contribution in [2.45, 2.75) is 18.1 Å². The Labute approximate surface area is 124 Å². The number of hydrogen-bond acceptors (Lipinski definition) is 7. The van der Waals surface area contributed by atoms with Crippen molar-refractivity contribution >= 4 is 24.3 Å². The lowest BCUT2D eigenvalue weighted by molar-refractivity contribution is -0.384. The quantitative estimate of drug-likeness (QED) is 0.469. The van der Waals surface area contributed by atoms with Crippen LogP contribution in [-0.2, 0) is 4.79 Å². The zero-order chi connectivity index (χ0) is 15.4. The van der Waals surface area contributed by atoms with Gasteiger partial charge in [-0.25, -0.2) is 0 Å². The van der Waals surface area contributed by atoms with Crippen LogP contribution in [0.15, 0.2) is 24.3 Å². The minimum absolute atomic E-state index is 0.0401. The molecule has 110 valence electrons. The van der Waals surface area contributed by atoms with Gasteiger partial charge in [0.1, 0.15) is 0 Å². The summed E-state index contributed by atoms with van der Waals surface area (Å²) in [5, 5.41) is 30.0. The van der Waals surface area contributed by atoms with Crippen molar-refractivity contribution in [2.24, 2.45) is 0 Å². The largest absolute Gasteiger partial charge is 0.481 e. The molecule has 0 saturated heterocycles. The van der Waals surface area contributed by atoms with E-state index in [4.69, 9.17) is 5.11 Å². The number of nitro benzene ring substituents is 1. The molecule has 10 heteroatoms. The number of carbonyl (C=O) groups is 1. The monoisotopic (exact) mass is 309 g/mol. The Morgan fingerprint density at radius 2 is 2.10 bits per heavy atom. The molecule has 1 heterocycles. The lowest BCUT2D eigenvalue weighted by Gasteiger charge is -2.09. The second-order valence-corrected chi connectivity index (χ2v) is 4.79. The fraction of sp³-hybridized carbons (Fsp3) is 0.273. The summed E-state index contributed by atoms with van der Waals surface area (Å²) < 4.78 is 1.38. The summed E-state index contributed by atoms with van der Waals surface area (Å²) in [6, 6.07) is 5.70. The highest BCUT2D eigenvalue weighted by Crippen LogP contribution is 2.25. The van der Waals surface area contributed by atoms with Gasteiger partial charge in [-0.1, -0.05) is 0 Å². The maximum Gasteiger partial charge on any atom is 0.303 e. The Kier molecular flexibility index (Phi) is 4.48. The number of rotatable bonds is 6. The molecule has 2 rings (SSSR count). The van der Waals surface area contributed by atoms with Gasteiger partial charge in [-0.3, -0.25) is 14.9 Å². The number of aromatic nitrogens is 4. The Morgan fingerprint density at radius 1 is 1.43 bits per heavy atom. The molecular formula is C11H11N5O4S. The highest BCUT2D eigenvalue weighted by atomic mass is 32.1. The SMILES string of the molecule is O=C(O)CCC(S)c1nnnn1-c1ccc([N+](=O)[O-])cc1. The van der Waals surface area contributed by atoms with Crippen LogP contribution in [0.1, 0.15) is 23.9 Å². The average Bonchev–Trinajstić information content (AvgIpc) is 2.94. The summed E-state index contributed by atoms with van der Waals surface area (Å²) in [6.45, 7) is 0. The van der Waals surface area contributed by atoms with Crippen molar-refractivity contribution in [3.63, 3.8) is 0 Å². The van der Waals surface area contributed by atoms with Gasteiger partial charge in [0.25, 0.3) is 5.69 Å². The minimum atomic E-state index is -0.927. The third-order valence-electron chi connectivity index (χ3n) is 2.73. The van der Waals surface area contributed by atoms with E-state index >= 15 is 0 Å². The van der Waals surface area contributed by atoms with E-state index in [0.717, 1.165) is 0 Å². The Balaban J connectivity index is 2.23. The highest BCUT2D eigenvalue weighted by Gasteiger charge is 2.18. The van der Waals surface area contributed by atoms with Gasteiger partial charge < -0.3 is 5.11 Å². The Morgan fingerprint density at radius 3 is 2.67 bits per heavy atom. The van der Waals surface area contributed by atoms with Crippen LogP contribution in [0.25, 0.3) is 5.69 Å². The number of nitrogens with zero attached hydrogens (tertiary/aromatic N) is 5. The van der Waals surface area contributed by atoms with Crippen LogP contribution < -0.4 is 0 Å². The van der Waals surface area contributed by atoms with Gasteiger partial charge in [0.05, 0.1) is 15.9 Å². The van der Waals surface area contributed by atoms with Crippen LogP contribution in [0.3, 0.4) is 0 Å². The topological polar surface area (TPSA) is 124 Å². The summed E-state index contributed by atoms with van der Waals surface area (Å²) in [5.41, 5.74) is 0.497. The van der Waals surface area contributed by atoms with Gasteiger partial charge in [0.15, 0.2) is 5.82 Å². The molecule has 2 aromatic rings.